The summed E-state index contributed by atoms with van der Waals surface area (Å²) in [7, 11) is -1.78. The number of anilines is 1. The van der Waals surface area contributed by atoms with Crippen molar-refractivity contribution in [1.82, 2.24) is 4.98 Å². The Labute approximate surface area is 87.2 Å². The van der Waals surface area contributed by atoms with Crippen molar-refractivity contribution in [3.8, 4) is 0 Å². The zero-order valence-corrected chi connectivity index (χ0v) is 8.82. The Morgan fingerprint density at radius 3 is 2.87 bits per heavy atom. The zero-order valence-electron chi connectivity index (χ0n) is 8.01. The average molecular weight is 220 g/mol. The Kier molecular flexibility index (Phi) is 1.44. The predicted octanol–water partition coefficient (Wildman–Crippen LogP) is 1.37. The molecule has 1 aromatic carbocycles. The van der Waals surface area contributed by atoms with Crippen LogP contribution in [0.15, 0.2) is 35.4 Å². The Bertz CT molecular complexity index is 659. The molecule has 0 bridgehead atoms. The van der Waals surface area contributed by atoms with Crippen LogP contribution in [0.5, 0.6) is 0 Å². The van der Waals surface area contributed by atoms with Gasteiger partial charge in [-0.15, -0.1) is 0 Å². The van der Waals surface area contributed by atoms with Gasteiger partial charge in [0.25, 0.3) is 10.0 Å². The second kappa shape index (κ2) is 2.49. The summed E-state index contributed by atoms with van der Waals surface area (Å²) < 4.78 is 25.2. The van der Waals surface area contributed by atoms with Crippen LogP contribution in [0.4, 0.5) is 5.69 Å². The molecular formula is C10H8N2O2S. The van der Waals surface area contributed by atoms with Gasteiger partial charge in [0.15, 0.2) is 0 Å². The van der Waals surface area contributed by atoms with E-state index in [1.165, 1.54) is 10.5 Å². The molecule has 1 aliphatic rings. The van der Waals surface area contributed by atoms with Gasteiger partial charge < -0.3 is 0 Å². The molecule has 3 rings (SSSR count). The predicted molar refractivity (Wildman–Crippen MR) is 57.3 cm³/mol. The van der Waals surface area contributed by atoms with Crippen LogP contribution >= 0.6 is 0 Å². The van der Waals surface area contributed by atoms with E-state index in [1.54, 1.807) is 19.2 Å². The van der Waals surface area contributed by atoms with Crippen LogP contribution in [0.3, 0.4) is 0 Å². The molecule has 0 atom stereocenters. The Morgan fingerprint density at radius 1 is 1.27 bits per heavy atom. The molecule has 0 radical (unpaired) electrons. The molecule has 0 saturated carbocycles. The monoisotopic (exact) mass is 220 g/mol. The normalized spacial score (nSPS) is 17.3. The van der Waals surface area contributed by atoms with Gasteiger partial charge in [0.1, 0.15) is 4.90 Å². The van der Waals surface area contributed by atoms with Crippen molar-refractivity contribution in [2.45, 2.75) is 4.90 Å². The van der Waals surface area contributed by atoms with Gasteiger partial charge >= 0.3 is 0 Å². The first-order valence-corrected chi connectivity index (χ1v) is 5.93. The van der Waals surface area contributed by atoms with Crippen LogP contribution in [0.25, 0.3) is 10.9 Å². The highest BCUT2D eigenvalue weighted by atomic mass is 32.2. The summed E-state index contributed by atoms with van der Waals surface area (Å²) in [6.45, 7) is 0. The van der Waals surface area contributed by atoms with Crippen molar-refractivity contribution in [3.63, 3.8) is 0 Å². The molecule has 0 amide bonds. The maximum absolute atomic E-state index is 12.0. The fourth-order valence-corrected chi connectivity index (χ4v) is 3.32. The molecule has 1 aromatic heterocycles. The molecule has 0 N–H and O–H groups in total. The second-order valence-corrected chi connectivity index (χ2v) is 5.39. The lowest BCUT2D eigenvalue weighted by molar-refractivity contribution is 0.597. The van der Waals surface area contributed by atoms with Crippen molar-refractivity contribution in [2.75, 3.05) is 11.4 Å². The van der Waals surface area contributed by atoms with Crippen molar-refractivity contribution < 1.29 is 8.42 Å². The highest BCUT2D eigenvalue weighted by Crippen LogP contribution is 2.39. The third kappa shape index (κ3) is 0.906. The van der Waals surface area contributed by atoms with Crippen molar-refractivity contribution in [2.24, 2.45) is 0 Å². The third-order valence-electron chi connectivity index (χ3n) is 2.68. The lowest BCUT2D eigenvalue weighted by Crippen LogP contribution is -2.21. The number of hydrogen-bond donors (Lipinski definition) is 0. The van der Waals surface area contributed by atoms with Gasteiger partial charge in [-0.25, -0.2) is 8.42 Å². The highest BCUT2D eigenvalue weighted by Gasteiger charge is 2.32. The number of pyridine rings is 1. The fourth-order valence-electron chi connectivity index (χ4n) is 1.91. The molecule has 2 aromatic rings. The summed E-state index contributed by atoms with van der Waals surface area (Å²) in [5.74, 6) is 0. The van der Waals surface area contributed by atoms with E-state index in [1.807, 2.05) is 12.1 Å². The number of sulfonamides is 1. The fraction of sp³-hybridized carbons (Fsp3) is 0.100. The summed E-state index contributed by atoms with van der Waals surface area (Å²) in [6, 6.07) is 6.96. The van der Waals surface area contributed by atoms with Gasteiger partial charge in [0.2, 0.25) is 0 Å². The molecule has 1 aliphatic heterocycles. The van der Waals surface area contributed by atoms with Gasteiger partial charge in [-0.1, -0.05) is 6.07 Å². The maximum atomic E-state index is 12.0. The van der Waals surface area contributed by atoms with Crippen molar-refractivity contribution >= 4 is 26.6 Å². The second-order valence-electron chi connectivity index (χ2n) is 3.45. The van der Waals surface area contributed by atoms with E-state index in [4.69, 9.17) is 0 Å². The van der Waals surface area contributed by atoms with E-state index < -0.39 is 10.0 Å². The Balaban J connectivity index is 2.62. The number of nitrogens with zero attached hydrogens (tertiary/aromatic N) is 2. The van der Waals surface area contributed by atoms with Crippen LogP contribution in [-0.2, 0) is 10.0 Å². The van der Waals surface area contributed by atoms with Crippen LogP contribution in [0.1, 0.15) is 0 Å². The number of hydrogen-bond acceptors (Lipinski definition) is 3. The maximum Gasteiger partial charge on any atom is 0.264 e. The Hall–Kier alpha value is -1.62. The Morgan fingerprint density at radius 2 is 2.07 bits per heavy atom. The van der Waals surface area contributed by atoms with Gasteiger partial charge in [-0.3, -0.25) is 9.29 Å². The molecule has 76 valence electrons. The quantitative estimate of drug-likeness (QED) is 0.673. The first kappa shape index (κ1) is 8.67. The topological polar surface area (TPSA) is 50.3 Å². The van der Waals surface area contributed by atoms with Crippen molar-refractivity contribution in [1.29, 1.82) is 0 Å². The minimum atomic E-state index is -3.34. The van der Waals surface area contributed by atoms with E-state index in [9.17, 15) is 8.42 Å². The molecule has 5 heteroatoms. The minimum absolute atomic E-state index is 0.352. The number of benzene rings is 1. The van der Waals surface area contributed by atoms with Crippen LogP contribution in [0.2, 0.25) is 0 Å². The summed E-state index contributed by atoms with van der Waals surface area (Å²) in [6.07, 6.45) is 1.53. The molecule has 15 heavy (non-hydrogen) atoms. The van der Waals surface area contributed by atoms with Gasteiger partial charge in [0.05, 0.1) is 11.2 Å². The molecule has 0 unspecified atom stereocenters. The highest BCUT2D eigenvalue weighted by molar-refractivity contribution is 7.93. The van der Waals surface area contributed by atoms with E-state index >= 15 is 0 Å². The SMILES string of the molecule is CN1c2cccc3nccc(c23)S1(=O)=O. The lowest BCUT2D eigenvalue weighted by Gasteiger charge is -2.10. The van der Waals surface area contributed by atoms with E-state index in [0.29, 0.717) is 10.6 Å². The van der Waals surface area contributed by atoms with E-state index in [-0.39, 0.29) is 0 Å². The first-order valence-electron chi connectivity index (χ1n) is 4.49. The molecule has 0 fully saturated rings. The molecular weight excluding hydrogens is 212 g/mol. The average Bonchev–Trinajstić information content (AvgIpc) is 2.43. The van der Waals surface area contributed by atoms with Gasteiger partial charge in [0, 0.05) is 18.6 Å². The zero-order chi connectivity index (χ0) is 10.6. The minimum Gasteiger partial charge on any atom is -0.269 e. The standard InChI is InChI=1S/C10H8N2O2S/c1-12-8-4-2-3-7-10(8)9(5-6-11-7)15(12,13)14/h2-6H,1H3. The van der Waals surface area contributed by atoms with E-state index in [2.05, 4.69) is 4.98 Å². The lowest BCUT2D eigenvalue weighted by atomic mass is 10.2. The van der Waals surface area contributed by atoms with Gasteiger partial charge in [-0.2, -0.15) is 0 Å². The van der Waals surface area contributed by atoms with Crippen LogP contribution < -0.4 is 4.31 Å². The smallest absolute Gasteiger partial charge is 0.264 e. The molecule has 0 aliphatic carbocycles. The van der Waals surface area contributed by atoms with Gasteiger partial charge in [-0.05, 0) is 18.2 Å². The molecule has 4 nitrogen and oxygen atoms in total. The van der Waals surface area contributed by atoms with Crippen LogP contribution in [0, 0.1) is 0 Å². The first-order chi connectivity index (χ1) is 7.12. The van der Waals surface area contributed by atoms with Crippen molar-refractivity contribution in [3.05, 3.63) is 30.5 Å². The van der Waals surface area contributed by atoms with E-state index in [0.717, 1.165) is 10.9 Å². The summed E-state index contributed by atoms with van der Waals surface area (Å²) >= 11 is 0. The molecule has 0 saturated heterocycles. The number of rotatable bonds is 0. The summed E-state index contributed by atoms with van der Waals surface area (Å²) in [5.41, 5.74) is 1.42. The summed E-state index contributed by atoms with van der Waals surface area (Å²) in [5, 5.41) is 0.725. The largest absolute Gasteiger partial charge is 0.269 e. The summed E-state index contributed by atoms with van der Waals surface area (Å²) in [4.78, 5) is 4.50. The molecule has 0 spiro atoms. The molecule has 2 heterocycles. The van der Waals surface area contributed by atoms with Crippen LogP contribution in [-0.4, -0.2) is 20.4 Å². The number of aromatic nitrogens is 1. The third-order valence-corrected chi connectivity index (χ3v) is 4.50.